The Bertz CT molecular complexity index is 700. The molecule has 2 amide bonds. The number of rotatable bonds is 8. The van der Waals surface area contributed by atoms with E-state index in [0.29, 0.717) is 0 Å². The number of para-hydroxylation sites is 2. The van der Waals surface area contributed by atoms with Crippen LogP contribution < -0.4 is 10.2 Å². The molecule has 1 saturated heterocycles. The minimum atomic E-state index is -0.0292. The van der Waals surface area contributed by atoms with Crippen LogP contribution in [0.1, 0.15) is 47.5 Å². The van der Waals surface area contributed by atoms with Crippen molar-refractivity contribution in [3.05, 3.63) is 24.3 Å². The summed E-state index contributed by atoms with van der Waals surface area (Å²) in [6.07, 6.45) is 2.08. The molecule has 2 aliphatic rings. The Labute approximate surface area is 182 Å². The second-order valence-corrected chi connectivity index (χ2v) is 9.08. The minimum Gasteiger partial charge on any atom is -0.378 e. The van der Waals surface area contributed by atoms with Gasteiger partial charge in [-0.15, -0.1) is 0 Å². The van der Waals surface area contributed by atoms with Crippen molar-refractivity contribution >= 4 is 17.4 Å². The van der Waals surface area contributed by atoms with Crippen molar-refractivity contribution in [1.82, 2.24) is 9.80 Å². The third-order valence-electron chi connectivity index (χ3n) is 6.90. The van der Waals surface area contributed by atoms with Crippen LogP contribution in [-0.2, 0) is 4.74 Å². The number of amides is 2. The Balaban J connectivity index is 1.71. The topological polar surface area (TPSA) is 48.1 Å². The lowest BCUT2D eigenvalue weighted by molar-refractivity contribution is -0.138. The standard InChI is InChI=1S/C24H40N4O2/c1-6-13-28(21-18-22(30-8-3)24(21,4)5)23(29)25-19-11-9-10-12-20(19)27-16-14-26(7-2)15-17-27/h9-12,21-22H,6-8,13-18H2,1-5H3,(H,25,29). The molecule has 6 nitrogen and oxygen atoms in total. The molecular formula is C24H40N4O2. The van der Waals surface area contributed by atoms with Crippen molar-refractivity contribution in [3.63, 3.8) is 0 Å². The molecule has 3 rings (SSSR count). The lowest BCUT2D eigenvalue weighted by Crippen LogP contribution is -2.64. The zero-order chi connectivity index (χ0) is 21.7. The number of nitrogens with zero attached hydrogens (tertiary/aromatic N) is 3. The van der Waals surface area contributed by atoms with Crippen LogP contribution in [0, 0.1) is 5.41 Å². The van der Waals surface area contributed by atoms with Crippen LogP contribution in [0.3, 0.4) is 0 Å². The summed E-state index contributed by atoms with van der Waals surface area (Å²) in [5.41, 5.74) is 2.00. The summed E-state index contributed by atoms with van der Waals surface area (Å²) in [6.45, 7) is 17.5. The third kappa shape index (κ3) is 4.75. The molecule has 168 valence electrons. The average Bonchev–Trinajstić information content (AvgIpc) is 2.75. The van der Waals surface area contributed by atoms with Gasteiger partial charge in [0, 0.05) is 50.8 Å². The van der Waals surface area contributed by atoms with Crippen molar-refractivity contribution in [2.75, 3.05) is 56.1 Å². The number of nitrogens with one attached hydrogen (secondary N) is 1. The van der Waals surface area contributed by atoms with Crippen LogP contribution in [0.15, 0.2) is 24.3 Å². The first-order chi connectivity index (χ1) is 14.4. The highest BCUT2D eigenvalue weighted by Crippen LogP contribution is 2.46. The Hall–Kier alpha value is -1.79. The van der Waals surface area contributed by atoms with Crippen molar-refractivity contribution in [2.24, 2.45) is 5.41 Å². The summed E-state index contributed by atoms with van der Waals surface area (Å²) in [7, 11) is 0. The predicted octanol–water partition coefficient (Wildman–Crippen LogP) is 4.28. The molecule has 6 heteroatoms. The fourth-order valence-corrected chi connectivity index (χ4v) is 4.86. The van der Waals surface area contributed by atoms with E-state index >= 15 is 0 Å². The molecule has 0 radical (unpaired) electrons. The fourth-order valence-electron chi connectivity index (χ4n) is 4.86. The molecule has 0 aromatic heterocycles. The largest absolute Gasteiger partial charge is 0.378 e. The van der Waals surface area contributed by atoms with E-state index in [-0.39, 0.29) is 23.6 Å². The molecule has 1 aliphatic carbocycles. The van der Waals surface area contributed by atoms with E-state index in [1.54, 1.807) is 0 Å². The number of benzene rings is 1. The summed E-state index contributed by atoms with van der Waals surface area (Å²) >= 11 is 0. The van der Waals surface area contributed by atoms with Gasteiger partial charge in [-0.25, -0.2) is 4.79 Å². The van der Waals surface area contributed by atoms with Gasteiger partial charge in [-0.1, -0.05) is 39.8 Å². The van der Waals surface area contributed by atoms with E-state index < -0.39 is 0 Å². The van der Waals surface area contributed by atoms with E-state index in [1.807, 2.05) is 24.0 Å². The zero-order valence-electron chi connectivity index (χ0n) is 19.5. The molecule has 1 aromatic carbocycles. The maximum atomic E-state index is 13.4. The molecule has 0 spiro atoms. The molecule has 2 unspecified atom stereocenters. The van der Waals surface area contributed by atoms with Crippen molar-refractivity contribution in [2.45, 2.75) is 59.6 Å². The van der Waals surface area contributed by atoms with E-state index in [4.69, 9.17) is 4.74 Å². The van der Waals surface area contributed by atoms with E-state index in [2.05, 4.69) is 54.9 Å². The summed E-state index contributed by atoms with van der Waals surface area (Å²) in [4.78, 5) is 20.3. The number of urea groups is 1. The highest BCUT2D eigenvalue weighted by Gasteiger charge is 2.52. The van der Waals surface area contributed by atoms with Gasteiger partial charge in [-0.3, -0.25) is 0 Å². The number of likely N-dealkylation sites (N-methyl/N-ethyl adjacent to an activating group) is 1. The zero-order valence-corrected chi connectivity index (χ0v) is 19.5. The first-order valence-electron chi connectivity index (χ1n) is 11.7. The molecule has 1 aromatic rings. The molecule has 1 heterocycles. The van der Waals surface area contributed by atoms with Gasteiger partial charge in [-0.2, -0.15) is 0 Å². The number of anilines is 2. The quantitative estimate of drug-likeness (QED) is 0.687. The van der Waals surface area contributed by atoms with Crippen molar-refractivity contribution in [1.29, 1.82) is 0 Å². The van der Waals surface area contributed by atoms with Gasteiger partial charge < -0.3 is 24.8 Å². The third-order valence-corrected chi connectivity index (χ3v) is 6.90. The van der Waals surface area contributed by atoms with Gasteiger partial charge in [0.1, 0.15) is 0 Å². The predicted molar refractivity (Wildman–Crippen MR) is 124 cm³/mol. The lowest BCUT2D eigenvalue weighted by Gasteiger charge is -2.55. The summed E-state index contributed by atoms with van der Waals surface area (Å²) < 4.78 is 5.90. The Kier molecular flexibility index (Phi) is 7.64. The Morgan fingerprint density at radius 2 is 1.87 bits per heavy atom. The van der Waals surface area contributed by atoms with E-state index in [9.17, 15) is 4.79 Å². The number of carbonyl (C=O) groups is 1. The minimum absolute atomic E-state index is 0.00418. The van der Waals surface area contributed by atoms with Gasteiger partial charge in [0.15, 0.2) is 0 Å². The maximum Gasteiger partial charge on any atom is 0.322 e. The molecule has 2 fully saturated rings. The number of piperazine rings is 1. The molecule has 30 heavy (non-hydrogen) atoms. The van der Waals surface area contributed by atoms with Gasteiger partial charge in [-0.05, 0) is 38.4 Å². The summed E-state index contributed by atoms with van der Waals surface area (Å²) in [5.74, 6) is 0. The van der Waals surface area contributed by atoms with E-state index in [1.165, 1.54) is 0 Å². The van der Waals surface area contributed by atoms with Crippen molar-refractivity contribution in [3.8, 4) is 0 Å². The monoisotopic (exact) mass is 416 g/mol. The summed E-state index contributed by atoms with van der Waals surface area (Å²) in [5, 5.41) is 3.24. The van der Waals surface area contributed by atoms with Crippen LogP contribution >= 0.6 is 0 Å². The van der Waals surface area contributed by atoms with Gasteiger partial charge in [0.2, 0.25) is 0 Å². The van der Waals surface area contributed by atoms with Crippen LogP contribution in [0.25, 0.3) is 0 Å². The number of hydrogen-bond donors (Lipinski definition) is 1. The number of ether oxygens (including phenoxy) is 1. The number of hydrogen-bond acceptors (Lipinski definition) is 4. The van der Waals surface area contributed by atoms with Crippen LogP contribution in [-0.4, -0.2) is 73.9 Å². The lowest BCUT2D eigenvalue weighted by atomic mass is 9.63. The van der Waals surface area contributed by atoms with Gasteiger partial charge in [0.25, 0.3) is 0 Å². The molecule has 2 atom stereocenters. The number of carbonyl (C=O) groups excluding carboxylic acids is 1. The smallest absolute Gasteiger partial charge is 0.322 e. The Morgan fingerprint density at radius 3 is 2.47 bits per heavy atom. The van der Waals surface area contributed by atoms with Gasteiger partial charge >= 0.3 is 6.03 Å². The SMILES string of the molecule is CCCN(C(=O)Nc1ccccc1N1CCN(CC)CC1)C1CC(OCC)C1(C)C. The second-order valence-electron chi connectivity index (χ2n) is 9.08. The van der Waals surface area contributed by atoms with E-state index in [0.717, 1.165) is 70.1 Å². The van der Waals surface area contributed by atoms with Gasteiger partial charge in [0.05, 0.1) is 17.5 Å². The normalized spacial score (nSPS) is 23.7. The first kappa shape index (κ1) is 22.9. The summed E-state index contributed by atoms with van der Waals surface area (Å²) in [6, 6.07) is 8.42. The molecule has 0 bridgehead atoms. The first-order valence-corrected chi connectivity index (χ1v) is 11.7. The highest BCUT2D eigenvalue weighted by atomic mass is 16.5. The van der Waals surface area contributed by atoms with Crippen LogP contribution in [0.2, 0.25) is 0 Å². The average molecular weight is 417 g/mol. The molecule has 1 aliphatic heterocycles. The Morgan fingerprint density at radius 1 is 1.17 bits per heavy atom. The second kappa shape index (κ2) is 10.0. The molecule has 1 saturated carbocycles. The van der Waals surface area contributed by atoms with Crippen LogP contribution in [0.5, 0.6) is 0 Å². The van der Waals surface area contributed by atoms with Crippen molar-refractivity contribution < 1.29 is 9.53 Å². The highest BCUT2D eigenvalue weighted by molar-refractivity contribution is 5.93. The maximum absolute atomic E-state index is 13.4. The molecular weight excluding hydrogens is 376 g/mol. The molecule has 1 N–H and O–H groups in total. The van der Waals surface area contributed by atoms with Crippen LogP contribution in [0.4, 0.5) is 16.2 Å². The fraction of sp³-hybridized carbons (Fsp3) is 0.708.